The van der Waals surface area contributed by atoms with Crippen molar-refractivity contribution in [1.82, 2.24) is 13.7 Å². The van der Waals surface area contributed by atoms with Gasteiger partial charge in [0.2, 0.25) is 0 Å². The van der Waals surface area contributed by atoms with Gasteiger partial charge in [0.1, 0.15) is 0 Å². The normalized spacial score (nSPS) is 12.0. The fourth-order valence-electron chi connectivity index (χ4n) is 11.7. The van der Waals surface area contributed by atoms with Crippen molar-refractivity contribution in [2.45, 2.75) is 0 Å². The molecule has 0 aliphatic heterocycles. The maximum atomic E-state index is 2.55. The summed E-state index contributed by atoms with van der Waals surface area (Å²) in [7, 11) is -2.86. The topological polar surface area (TPSA) is 14.8 Å². The van der Waals surface area contributed by atoms with Crippen LogP contribution in [0.3, 0.4) is 0 Å². The van der Waals surface area contributed by atoms with Crippen LogP contribution in [-0.4, -0.2) is 21.8 Å². The lowest BCUT2D eigenvalue weighted by Crippen LogP contribution is -2.74. The van der Waals surface area contributed by atoms with Crippen LogP contribution in [0.1, 0.15) is 0 Å². The largest absolute Gasteiger partial charge is 0.309 e. The van der Waals surface area contributed by atoms with E-state index >= 15 is 0 Å². The monoisotopic (exact) mass is 907 g/mol. The van der Waals surface area contributed by atoms with E-state index in [0.717, 1.165) is 22.6 Å². The minimum atomic E-state index is -2.86. The molecule has 0 atom stereocenters. The van der Waals surface area contributed by atoms with Crippen LogP contribution in [0.15, 0.2) is 273 Å². The maximum absolute atomic E-state index is 2.86. The lowest BCUT2D eigenvalue weighted by atomic mass is 10.1. The van der Waals surface area contributed by atoms with Gasteiger partial charge in [-0.2, -0.15) is 0 Å². The van der Waals surface area contributed by atoms with Crippen molar-refractivity contribution < 1.29 is 0 Å². The summed E-state index contributed by atoms with van der Waals surface area (Å²) in [6.45, 7) is 0. The average Bonchev–Trinajstić information content (AvgIpc) is 4.07. The molecule has 0 radical (unpaired) electrons. The summed E-state index contributed by atoms with van der Waals surface area (Å²) in [6, 6.07) is 101. The van der Waals surface area contributed by atoms with E-state index < -0.39 is 8.07 Å². The van der Waals surface area contributed by atoms with E-state index in [4.69, 9.17) is 0 Å². The molecule has 11 aromatic carbocycles. The van der Waals surface area contributed by atoms with Gasteiger partial charge < -0.3 is 13.7 Å². The zero-order valence-electron chi connectivity index (χ0n) is 38.3. The van der Waals surface area contributed by atoms with E-state index in [-0.39, 0.29) is 0 Å². The van der Waals surface area contributed by atoms with Gasteiger partial charge in [-0.25, -0.2) is 0 Å². The van der Waals surface area contributed by atoms with Crippen molar-refractivity contribution in [3.8, 4) is 28.2 Å². The van der Waals surface area contributed by atoms with E-state index in [1.807, 2.05) is 0 Å². The molecule has 14 aromatic rings. The van der Waals surface area contributed by atoms with Crippen molar-refractivity contribution in [3.63, 3.8) is 0 Å². The summed E-state index contributed by atoms with van der Waals surface area (Å²) in [5.74, 6) is 0. The first kappa shape index (κ1) is 40.1. The van der Waals surface area contributed by atoms with E-state index in [9.17, 15) is 0 Å². The van der Waals surface area contributed by atoms with Gasteiger partial charge in [-0.05, 0) is 98.6 Å². The van der Waals surface area contributed by atoms with Crippen LogP contribution in [-0.2, 0) is 0 Å². The predicted molar refractivity (Wildman–Crippen MR) is 299 cm³/mol. The third-order valence-electron chi connectivity index (χ3n) is 14.8. The molecule has 3 aromatic heterocycles. The molecule has 328 valence electrons. The molecule has 0 saturated heterocycles. The summed E-state index contributed by atoms with van der Waals surface area (Å²) in [5, 5.41) is 12.8. The number of rotatable bonds is 8. The number of aromatic nitrogens is 3. The maximum Gasteiger partial charge on any atom is 0.179 e. The molecule has 3 nitrogen and oxygen atoms in total. The highest BCUT2D eigenvalue weighted by molar-refractivity contribution is 7.20. The quantitative estimate of drug-likeness (QED) is 0.107. The number of hydrogen-bond donors (Lipinski definition) is 0. The third-order valence-corrected chi connectivity index (χ3v) is 19.6. The van der Waals surface area contributed by atoms with Crippen LogP contribution in [0.5, 0.6) is 0 Å². The second-order valence-electron chi connectivity index (χ2n) is 18.5. The van der Waals surface area contributed by atoms with Gasteiger partial charge in [0, 0.05) is 49.4 Å². The molecule has 14 rings (SSSR count). The molecule has 0 aliphatic carbocycles. The fourth-order valence-corrected chi connectivity index (χ4v) is 16.5. The molecule has 0 saturated carbocycles. The second-order valence-corrected chi connectivity index (χ2v) is 22.3. The van der Waals surface area contributed by atoms with Crippen molar-refractivity contribution >= 4 is 94.2 Å². The van der Waals surface area contributed by atoms with Crippen molar-refractivity contribution in [2.24, 2.45) is 0 Å². The van der Waals surface area contributed by atoms with Crippen molar-refractivity contribution in [1.29, 1.82) is 0 Å². The molecule has 0 bridgehead atoms. The van der Waals surface area contributed by atoms with Gasteiger partial charge in [-0.1, -0.05) is 206 Å². The molecular weight excluding hydrogens is 863 g/mol. The Bertz CT molecular complexity index is 4110. The Kier molecular flexibility index (Phi) is 9.23. The van der Waals surface area contributed by atoms with E-state index in [2.05, 4.69) is 287 Å². The number of para-hydroxylation sites is 3. The summed E-state index contributed by atoms with van der Waals surface area (Å²) >= 11 is 0. The smallest absolute Gasteiger partial charge is 0.179 e. The number of hydrogen-bond acceptors (Lipinski definition) is 0. The number of benzene rings is 11. The zero-order chi connectivity index (χ0) is 46.2. The molecule has 0 N–H and O–H groups in total. The first-order valence-electron chi connectivity index (χ1n) is 24.2. The predicted octanol–water partition coefficient (Wildman–Crippen LogP) is 14.0. The second kappa shape index (κ2) is 16.1. The van der Waals surface area contributed by atoms with E-state index in [1.165, 1.54) is 91.8 Å². The summed E-state index contributed by atoms with van der Waals surface area (Å²) < 4.78 is 7.39. The molecular formula is C66H45N3Si. The van der Waals surface area contributed by atoms with Gasteiger partial charge in [-0.15, -0.1) is 0 Å². The Morgan fingerprint density at radius 3 is 1.09 bits per heavy atom. The highest BCUT2D eigenvalue weighted by atomic mass is 28.3. The molecule has 4 heteroatoms. The van der Waals surface area contributed by atoms with E-state index in [1.54, 1.807) is 0 Å². The zero-order valence-corrected chi connectivity index (χ0v) is 39.3. The Labute approximate surface area is 407 Å². The molecule has 70 heavy (non-hydrogen) atoms. The Morgan fingerprint density at radius 1 is 0.200 bits per heavy atom. The Balaban J connectivity index is 1.05. The van der Waals surface area contributed by atoms with Crippen molar-refractivity contribution in [3.05, 3.63) is 273 Å². The average molecular weight is 908 g/mol. The van der Waals surface area contributed by atoms with Crippen LogP contribution < -0.4 is 20.7 Å². The first-order chi connectivity index (χ1) is 34.7. The number of fused-ring (bicyclic) bond motifs is 9. The fraction of sp³-hybridized carbons (Fsp3) is 0. The lowest BCUT2D eigenvalue weighted by Gasteiger charge is -2.34. The summed E-state index contributed by atoms with van der Waals surface area (Å²) in [5.41, 5.74) is 12.9. The molecule has 0 fully saturated rings. The third kappa shape index (κ3) is 6.07. The standard InChI is InChI=1S/C66H45N3Si/c1-5-19-46(20-6-1)47-33-35-48(36-34-47)67-61-30-16-15-29-57(61)58-40-37-50(44-66(58)67)69-64-41-38-49(68-62-31-17-13-27-55(62)56-28-14-18-32-63(56)68)43-59(64)60-45-54(39-42-65(60)69)70(51-21-7-2-8-22-51,52-23-9-3-10-24-52)53-25-11-4-12-26-53/h1-45H. The van der Waals surface area contributed by atoms with Crippen molar-refractivity contribution in [2.75, 3.05) is 0 Å². The molecule has 0 aliphatic rings. The molecule has 0 spiro atoms. The summed E-state index contributed by atoms with van der Waals surface area (Å²) in [4.78, 5) is 0. The van der Waals surface area contributed by atoms with Gasteiger partial charge in [0.15, 0.2) is 8.07 Å². The van der Waals surface area contributed by atoms with Gasteiger partial charge in [0.05, 0.1) is 33.1 Å². The van der Waals surface area contributed by atoms with Gasteiger partial charge in [-0.3, -0.25) is 0 Å². The minimum Gasteiger partial charge on any atom is -0.309 e. The van der Waals surface area contributed by atoms with Crippen LogP contribution in [0.4, 0.5) is 0 Å². The van der Waals surface area contributed by atoms with E-state index in [0.29, 0.717) is 0 Å². The molecule has 0 amide bonds. The Hall–Kier alpha value is -8.96. The van der Waals surface area contributed by atoms with Crippen LogP contribution >= 0.6 is 0 Å². The molecule has 3 heterocycles. The van der Waals surface area contributed by atoms with Crippen LogP contribution in [0.25, 0.3) is 93.6 Å². The lowest BCUT2D eigenvalue weighted by molar-refractivity contribution is 1.15. The van der Waals surface area contributed by atoms with Crippen LogP contribution in [0, 0.1) is 0 Å². The highest BCUT2D eigenvalue weighted by Gasteiger charge is 2.41. The molecule has 0 unspecified atom stereocenters. The number of nitrogens with zero attached hydrogens (tertiary/aromatic N) is 3. The highest BCUT2D eigenvalue weighted by Crippen LogP contribution is 2.39. The Morgan fingerprint density at radius 2 is 0.557 bits per heavy atom. The summed E-state index contributed by atoms with van der Waals surface area (Å²) in [6.07, 6.45) is 0. The SMILES string of the molecule is c1ccc(-c2ccc(-n3c4ccccc4c4ccc(-n5c6ccc(-n7c8ccccc8c8ccccc87)cc6c6cc([Si](c7ccccc7)(c7ccccc7)c7ccccc7)ccc65)cc43)cc2)cc1. The minimum absolute atomic E-state index is 1.12. The first-order valence-corrected chi connectivity index (χ1v) is 26.2. The van der Waals surface area contributed by atoms with Gasteiger partial charge >= 0.3 is 0 Å². The van der Waals surface area contributed by atoms with Gasteiger partial charge in [0.25, 0.3) is 0 Å². The van der Waals surface area contributed by atoms with Crippen LogP contribution in [0.2, 0.25) is 0 Å².